The van der Waals surface area contributed by atoms with Crippen LogP contribution in [0.3, 0.4) is 0 Å². The number of carbonyl (C=O) groups excluding carboxylic acids is 1. The van der Waals surface area contributed by atoms with E-state index in [0.29, 0.717) is 12.3 Å². The fourth-order valence-electron chi connectivity index (χ4n) is 4.09. The highest BCUT2D eigenvalue weighted by molar-refractivity contribution is 5.77. The smallest absolute Gasteiger partial charge is 0.224 e. The topological polar surface area (TPSA) is 26.8 Å². The van der Waals surface area contributed by atoms with Crippen molar-refractivity contribution < 1.29 is 4.79 Å². The number of para-hydroxylation sites is 2. The molecule has 2 aliphatic heterocycles. The van der Waals surface area contributed by atoms with Crippen LogP contribution in [0, 0.1) is 0 Å². The summed E-state index contributed by atoms with van der Waals surface area (Å²) in [5.74, 6) is 0.292. The van der Waals surface area contributed by atoms with E-state index in [-0.39, 0.29) is 0 Å². The Balaban J connectivity index is 1.29. The largest absolute Gasteiger partial charge is 0.371 e. The molecule has 2 heterocycles. The van der Waals surface area contributed by atoms with Gasteiger partial charge in [-0.3, -0.25) is 4.79 Å². The SMILES string of the molecule is O=C(CCN1CCCc2ccccc21)N1CCN(c2ccccc2)CC1. The van der Waals surface area contributed by atoms with E-state index in [1.807, 2.05) is 11.0 Å². The molecular formula is C22H27N3O. The molecule has 2 aromatic carbocycles. The van der Waals surface area contributed by atoms with E-state index in [0.717, 1.165) is 45.7 Å². The van der Waals surface area contributed by atoms with Crippen molar-refractivity contribution in [1.29, 1.82) is 0 Å². The van der Waals surface area contributed by atoms with Crippen LogP contribution in [-0.4, -0.2) is 50.1 Å². The average Bonchev–Trinajstić information content (AvgIpc) is 2.73. The number of amides is 1. The predicted octanol–water partition coefficient (Wildman–Crippen LogP) is 3.18. The lowest BCUT2D eigenvalue weighted by molar-refractivity contribution is -0.131. The quantitative estimate of drug-likeness (QED) is 0.848. The number of anilines is 2. The van der Waals surface area contributed by atoms with Gasteiger partial charge in [0.05, 0.1) is 0 Å². The van der Waals surface area contributed by atoms with Gasteiger partial charge in [-0.1, -0.05) is 36.4 Å². The Hall–Kier alpha value is -2.49. The van der Waals surface area contributed by atoms with Gasteiger partial charge >= 0.3 is 0 Å². The van der Waals surface area contributed by atoms with E-state index in [4.69, 9.17) is 0 Å². The summed E-state index contributed by atoms with van der Waals surface area (Å²) in [6.07, 6.45) is 2.95. The maximum atomic E-state index is 12.7. The molecular weight excluding hydrogens is 322 g/mol. The third-order valence-corrected chi connectivity index (χ3v) is 5.56. The van der Waals surface area contributed by atoms with Crippen molar-refractivity contribution >= 4 is 17.3 Å². The molecule has 1 fully saturated rings. The molecule has 0 N–H and O–H groups in total. The summed E-state index contributed by atoms with van der Waals surface area (Å²) in [6, 6.07) is 19.1. The second kappa shape index (κ2) is 7.81. The van der Waals surface area contributed by atoms with E-state index in [9.17, 15) is 4.79 Å². The molecule has 4 nitrogen and oxygen atoms in total. The second-order valence-corrected chi connectivity index (χ2v) is 7.17. The summed E-state index contributed by atoms with van der Waals surface area (Å²) < 4.78 is 0. The monoisotopic (exact) mass is 349 g/mol. The molecule has 1 amide bonds. The van der Waals surface area contributed by atoms with Gasteiger partial charge in [0.15, 0.2) is 0 Å². The van der Waals surface area contributed by atoms with Gasteiger partial charge in [-0.2, -0.15) is 0 Å². The molecule has 0 aromatic heterocycles. The Kier molecular flexibility index (Phi) is 5.09. The van der Waals surface area contributed by atoms with Crippen LogP contribution in [0.4, 0.5) is 11.4 Å². The molecule has 0 bridgehead atoms. The van der Waals surface area contributed by atoms with Crippen LogP contribution in [-0.2, 0) is 11.2 Å². The Morgan fingerprint density at radius 3 is 2.38 bits per heavy atom. The Labute approximate surface area is 156 Å². The first-order chi connectivity index (χ1) is 12.8. The molecule has 2 aromatic rings. The minimum absolute atomic E-state index is 0.292. The standard InChI is InChI=1S/C22H27N3O/c26-22(12-14-24-13-6-8-19-7-4-5-11-21(19)24)25-17-15-23(16-18-25)20-9-2-1-3-10-20/h1-5,7,9-11H,6,8,12-18H2. The minimum atomic E-state index is 0.292. The first-order valence-electron chi connectivity index (χ1n) is 9.72. The van der Waals surface area contributed by atoms with Crippen LogP contribution in [0.15, 0.2) is 54.6 Å². The number of piperazine rings is 1. The first kappa shape index (κ1) is 17.0. The third-order valence-electron chi connectivity index (χ3n) is 5.56. The Morgan fingerprint density at radius 2 is 1.58 bits per heavy atom. The highest BCUT2D eigenvalue weighted by atomic mass is 16.2. The lowest BCUT2D eigenvalue weighted by atomic mass is 10.0. The van der Waals surface area contributed by atoms with E-state index >= 15 is 0 Å². The number of fused-ring (bicyclic) bond motifs is 1. The van der Waals surface area contributed by atoms with Crippen molar-refractivity contribution in [2.75, 3.05) is 49.1 Å². The summed E-state index contributed by atoms with van der Waals surface area (Å²) in [6.45, 7) is 5.38. The zero-order chi connectivity index (χ0) is 17.8. The molecule has 0 unspecified atom stereocenters. The minimum Gasteiger partial charge on any atom is -0.371 e. The molecule has 0 aliphatic carbocycles. The van der Waals surface area contributed by atoms with Crippen LogP contribution in [0.2, 0.25) is 0 Å². The van der Waals surface area contributed by atoms with Crippen molar-refractivity contribution in [3.05, 3.63) is 60.2 Å². The van der Waals surface area contributed by atoms with Crippen molar-refractivity contribution in [1.82, 2.24) is 4.90 Å². The number of aryl methyl sites for hydroxylation is 1. The third kappa shape index (κ3) is 3.69. The summed E-state index contributed by atoms with van der Waals surface area (Å²) >= 11 is 0. The molecule has 0 radical (unpaired) electrons. The average molecular weight is 349 g/mol. The number of nitrogens with zero attached hydrogens (tertiary/aromatic N) is 3. The van der Waals surface area contributed by atoms with Gasteiger partial charge in [0.1, 0.15) is 0 Å². The van der Waals surface area contributed by atoms with Gasteiger partial charge in [-0.15, -0.1) is 0 Å². The number of benzene rings is 2. The van der Waals surface area contributed by atoms with E-state index < -0.39 is 0 Å². The molecule has 0 spiro atoms. The summed E-state index contributed by atoms with van der Waals surface area (Å²) in [4.78, 5) is 19.5. The molecule has 2 aliphatic rings. The highest BCUT2D eigenvalue weighted by Crippen LogP contribution is 2.26. The van der Waals surface area contributed by atoms with E-state index in [1.165, 1.54) is 23.4 Å². The van der Waals surface area contributed by atoms with Crippen LogP contribution in [0.5, 0.6) is 0 Å². The summed E-state index contributed by atoms with van der Waals surface area (Å²) in [5.41, 5.74) is 3.99. The number of carbonyl (C=O) groups is 1. The van der Waals surface area contributed by atoms with Crippen LogP contribution in [0.1, 0.15) is 18.4 Å². The normalized spacial score (nSPS) is 17.2. The van der Waals surface area contributed by atoms with Gasteiger partial charge in [-0.25, -0.2) is 0 Å². The molecule has 0 atom stereocenters. The number of hydrogen-bond acceptors (Lipinski definition) is 3. The van der Waals surface area contributed by atoms with Crippen LogP contribution >= 0.6 is 0 Å². The molecule has 136 valence electrons. The molecule has 26 heavy (non-hydrogen) atoms. The molecule has 4 rings (SSSR count). The van der Waals surface area contributed by atoms with Gasteiger partial charge in [0.2, 0.25) is 5.91 Å². The lowest BCUT2D eigenvalue weighted by Crippen LogP contribution is -2.49. The lowest BCUT2D eigenvalue weighted by Gasteiger charge is -2.37. The Morgan fingerprint density at radius 1 is 0.846 bits per heavy atom. The van der Waals surface area contributed by atoms with Gasteiger partial charge < -0.3 is 14.7 Å². The van der Waals surface area contributed by atoms with Crippen LogP contribution in [0.25, 0.3) is 0 Å². The van der Waals surface area contributed by atoms with Crippen molar-refractivity contribution in [2.24, 2.45) is 0 Å². The molecule has 0 saturated carbocycles. The number of hydrogen-bond donors (Lipinski definition) is 0. The Bertz CT molecular complexity index is 738. The zero-order valence-corrected chi connectivity index (χ0v) is 15.3. The van der Waals surface area contributed by atoms with Gasteiger partial charge in [-0.05, 0) is 36.6 Å². The van der Waals surface area contributed by atoms with Crippen LogP contribution < -0.4 is 9.80 Å². The van der Waals surface area contributed by atoms with Gasteiger partial charge in [0.25, 0.3) is 0 Å². The van der Waals surface area contributed by atoms with E-state index in [2.05, 4.69) is 58.3 Å². The fourth-order valence-corrected chi connectivity index (χ4v) is 4.09. The highest BCUT2D eigenvalue weighted by Gasteiger charge is 2.22. The van der Waals surface area contributed by atoms with Crippen molar-refractivity contribution in [3.63, 3.8) is 0 Å². The van der Waals surface area contributed by atoms with E-state index in [1.54, 1.807) is 0 Å². The van der Waals surface area contributed by atoms with Crippen molar-refractivity contribution in [3.8, 4) is 0 Å². The summed E-state index contributed by atoms with van der Waals surface area (Å²) in [7, 11) is 0. The molecule has 1 saturated heterocycles. The fraction of sp³-hybridized carbons (Fsp3) is 0.409. The maximum absolute atomic E-state index is 12.7. The first-order valence-corrected chi connectivity index (χ1v) is 9.72. The zero-order valence-electron chi connectivity index (χ0n) is 15.3. The number of rotatable bonds is 4. The maximum Gasteiger partial charge on any atom is 0.224 e. The second-order valence-electron chi connectivity index (χ2n) is 7.17. The van der Waals surface area contributed by atoms with Gasteiger partial charge in [0, 0.05) is 57.1 Å². The predicted molar refractivity (Wildman–Crippen MR) is 107 cm³/mol. The summed E-state index contributed by atoms with van der Waals surface area (Å²) in [5, 5.41) is 0. The molecule has 4 heteroatoms. The van der Waals surface area contributed by atoms with Crippen molar-refractivity contribution in [2.45, 2.75) is 19.3 Å².